The highest BCUT2D eigenvalue weighted by Crippen LogP contribution is 2.37. The summed E-state index contributed by atoms with van der Waals surface area (Å²) >= 11 is 9.03. The van der Waals surface area contributed by atoms with Crippen LogP contribution in [0, 0.1) is 10.1 Å². The topological polar surface area (TPSA) is 77.3 Å². The molecule has 1 N–H and O–H groups in total. The molecule has 1 aliphatic rings. The van der Waals surface area contributed by atoms with Gasteiger partial charge in [0.2, 0.25) is 5.15 Å². The Morgan fingerprint density at radius 3 is 2.83 bits per heavy atom. The van der Waals surface area contributed by atoms with Gasteiger partial charge in [0.05, 0.1) is 9.40 Å². The lowest BCUT2D eigenvalue weighted by Crippen LogP contribution is -2.28. The van der Waals surface area contributed by atoms with E-state index in [1.54, 1.807) is 0 Å². The Bertz CT molecular complexity index is 466. The van der Waals surface area contributed by atoms with Crippen molar-refractivity contribution in [3.05, 3.63) is 25.9 Å². The molecular weight excluding hydrogens is 325 g/mol. The Hall–Kier alpha value is -0.920. The largest absolute Gasteiger partial charge is 0.381 e. The Balaban J connectivity index is 2.30. The van der Waals surface area contributed by atoms with Crippen molar-refractivity contribution in [1.29, 1.82) is 0 Å². The first-order valence-corrected chi connectivity index (χ1v) is 6.59. The van der Waals surface area contributed by atoms with Crippen LogP contribution in [0.5, 0.6) is 0 Å². The first kappa shape index (κ1) is 13.5. The second kappa shape index (κ2) is 5.81. The third-order valence-corrected chi connectivity index (χ3v) is 3.59. The molecule has 98 valence electrons. The summed E-state index contributed by atoms with van der Waals surface area (Å²) in [4.78, 5) is 14.3. The fraction of sp³-hybridized carbons (Fsp3) is 0.500. The molecular formula is C10H11BrClN3O3. The highest BCUT2D eigenvalue weighted by atomic mass is 79.9. The fourth-order valence-corrected chi connectivity index (χ4v) is 2.42. The number of hydrogen-bond acceptors (Lipinski definition) is 5. The molecule has 0 bridgehead atoms. The molecule has 1 aromatic rings. The van der Waals surface area contributed by atoms with Crippen molar-refractivity contribution in [1.82, 2.24) is 4.98 Å². The van der Waals surface area contributed by atoms with E-state index < -0.39 is 4.92 Å². The minimum atomic E-state index is -0.526. The lowest BCUT2D eigenvalue weighted by molar-refractivity contribution is -0.384. The van der Waals surface area contributed by atoms with Crippen LogP contribution in [0.4, 0.5) is 11.4 Å². The smallest absolute Gasteiger partial charge is 0.330 e. The van der Waals surface area contributed by atoms with Gasteiger partial charge in [0, 0.05) is 25.5 Å². The van der Waals surface area contributed by atoms with Crippen molar-refractivity contribution >= 4 is 38.9 Å². The summed E-state index contributed by atoms with van der Waals surface area (Å²) in [5.74, 6) is 0. The summed E-state index contributed by atoms with van der Waals surface area (Å²) in [7, 11) is 0. The van der Waals surface area contributed by atoms with Gasteiger partial charge < -0.3 is 10.1 Å². The van der Waals surface area contributed by atoms with Gasteiger partial charge in [-0.3, -0.25) is 10.1 Å². The molecule has 0 saturated carbocycles. The number of aromatic nitrogens is 1. The molecule has 2 heterocycles. The average Bonchev–Trinajstić information content (AvgIpc) is 2.35. The molecule has 18 heavy (non-hydrogen) atoms. The number of nitrogens with one attached hydrogen (secondary N) is 1. The predicted octanol–water partition coefficient (Wildman–Crippen LogP) is 3.00. The van der Waals surface area contributed by atoms with Gasteiger partial charge in [-0.1, -0.05) is 11.6 Å². The van der Waals surface area contributed by atoms with Gasteiger partial charge in [-0.05, 0) is 28.8 Å². The summed E-state index contributed by atoms with van der Waals surface area (Å²) in [6.07, 6.45) is 3.07. The number of pyridine rings is 1. The maximum atomic E-state index is 11.0. The minimum Gasteiger partial charge on any atom is -0.381 e. The maximum absolute atomic E-state index is 11.0. The van der Waals surface area contributed by atoms with Gasteiger partial charge in [0.1, 0.15) is 5.69 Å². The second-order valence-electron chi connectivity index (χ2n) is 3.91. The van der Waals surface area contributed by atoms with Crippen LogP contribution in [-0.4, -0.2) is 29.2 Å². The first-order valence-electron chi connectivity index (χ1n) is 5.42. The number of nitrogens with zero attached hydrogens (tertiary/aromatic N) is 2. The van der Waals surface area contributed by atoms with Gasteiger partial charge in [0.15, 0.2) is 0 Å². The number of ether oxygens (including phenoxy) is 1. The second-order valence-corrected chi connectivity index (χ2v) is 5.12. The lowest BCUT2D eigenvalue weighted by atomic mass is 10.1. The van der Waals surface area contributed by atoms with E-state index in [0.29, 0.717) is 23.4 Å². The molecule has 8 heteroatoms. The molecule has 0 amide bonds. The first-order chi connectivity index (χ1) is 8.59. The SMILES string of the molecule is O=[N+]([O-])c1c(Cl)ncc(Br)c1NC1CCOCC1. The van der Waals surface area contributed by atoms with Gasteiger partial charge in [-0.2, -0.15) is 0 Å². The van der Waals surface area contributed by atoms with Crippen LogP contribution in [-0.2, 0) is 4.74 Å². The molecule has 1 aromatic heterocycles. The van der Waals surface area contributed by atoms with Crippen molar-refractivity contribution in [2.75, 3.05) is 18.5 Å². The zero-order chi connectivity index (χ0) is 13.1. The zero-order valence-electron chi connectivity index (χ0n) is 9.36. The van der Waals surface area contributed by atoms with Crippen molar-refractivity contribution in [2.45, 2.75) is 18.9 Å². The van der Waals surface area contributed by atoms with Gasteiger partial charge in [-0.15, -0.1) is 0 Å². The van der Waals surface area contributed by atoms with E-state index in [0.717, 1.165) is 12.8 Å². The summed E-state index contributed by atoms with van der Waals surface area (Å²) in [5.41, 5.74) is 0.185. The van der Waals surface area contributed by atoms with E-state index in [4.69, 9.17) is 16.3 Å². The standard InChI is InChI=1S/C10H11BrClN3O3/c11-7-5-13-10(12)9(15(16)17)8(7)14-6-1-3-18-4-2-6/h5-6H,1-4H2,(H,13,14). The van der Waals surface area contributed by atoms with Crippen LogP contribution in [0.25, 0.3) is 0 Å². The molecule has 2 rings (SSSR count). The highest BCUT2D eigenvalue weighted by Gasteiger charge is 2.25. The Labute approximate surface area is 117 Å². The minimum absolute atomic E-state index is 0.113. The molecule has 1 saturated heterocycles. The van der Waals surface area contributed by atoms with Crippen molar-refractivity contribution in [2.24, 2.45) is 0 Å². The fourth-order valence-electron chi connectivity index (χ4n) is 1.81. The molecule has 1 fully saturated rings. The quantitative estimate of drug-likeness (QED) is 0.521. The number of rotatable bonds is 3. The maximum Gasteiger partial charge on any atom is 0.330 e. The molecule has 0 aliphatic carbocycles. The van der Waals surface area contributed by atoms with Crippen LogP contribution in [0.3, 0.4) is 0 Å². The van der Waals surface area contributed by atoms with Crippen LogP contribution in [0.2, 0.25) is 5.15 Å². The summed E-state index contributed by atoms with van der Waals surface area (Å²) in [6.45, 7) is 1.31. The molecule has 0 aromatic carbocycles. The van der Waals surface area contributed by atoms with Gasteiger partial charge in [0.25, 0.3) is 0 Å². The average molecular weight is 337 g/mol. The van der Waals surface area contributed by atoms with Crippen molar-refractivity contribution in [3.8, 4) is 0 Å². The van der Waals surface area contributed by atoms with E-state index in [-0.39, 0.29) is 16.9 Å². The van der Waals surface area contributed by atoms with E-state index in [9.17, 15) is 10.1 Å². The summed E-state index contributed by atoms with van der Waals surface area (Å²) in [6, 6.07) is 0.146. The zero-order valence-corrected chi connectivity index (χ0v) is 11.7. The third-order valence-electron chi connectivity index (χ3n) is 2.71. The van der Waals surface area contributed by atoms with E-state index in [2.05, 4.69) is 26.2 Å². The number of halogens is 2. The van der Waals surface area contributed by atoms with Gasteiger partial charge in [-0.25, -0.2) is 4.98 Å². The molecule has 1 aliphatic heterocycles. The summed E-state index contributed by atoms with van der Waals surface area (Å²) in [5, 5.41) is 14.1. The highest BCUT2D eigenvalue weighted by molar-refractivity contribution is 9.10. The molecule has 6 nitrogen and oxygen atoms in total. The third kappa shape index (κ3) is 2.90. The Morgan fingerprint density at radius 2 is 2.22 bits per heavy atom. The van der Waals surface area contributed by atoms with Crippen molar-refractivity contribution < 1.29 is 9.66 Å². The van der Waals surface area contributed by atoms with Crippen LogP contribution in [0.15, 0.2) is 10.7 Å². The molecule has 0 spiro atoms. The molecule has 0 atom stereocenters. The number of anilines is 1. The normalized spacial score (nSPS) is 16.6. The molecule has 0 radical (unpaired) electrons. The summed E-state index contributed by atoms with van der Waals surface area (Å²) < 4.78 is 5.78. The van der Waals surface area contributed by atoms with Crippen LogP contribution in [0.1, 0.15) is 12.8 Å². The van der Waals surface area contributed by atoms with E-state index >= 15 is 0 Å². The predicted molar refractivity (Wildman–Crippen MR) is 71.1 cm³/mol. The lowest BCUT2D eigenvalue weighted by Gasteiger charge is -2.24. The van der Waals surface area contributed by atoms with Crippen molar-refractivity contribution in [3.63, 3.8) is 0 Å². The van der Waals surface area contributed by atoms with E-state index in [1.165, 1.54) is 6.20 Å². The number of hydrogen-bond donors (Lipinski definition) is 1. The monoisotopic (exact) mass is 335 g/mol. The number of nitro groups is 1. The molecule has 0 unspecified atom stereocenters. The van der Waals surface area contributed by atoms with Gasteiger partial charge >= 0.3 is 5.69 Å². The van der Waals surface area contributed by atoms with E-state index in [1.807, 2.05) is 0 Å². The Morgan fingerprint density at radius 1 is 1.56 bits per heavy atom. The Kier molecular flexibility index (Phi) is 4.36. The van der Waals surface area contributed by atoms with Crippen LogP contribution >= 0.6 is 27.5 Å². The van der Waals surface area contributed by atoms with Crippen LogP contribution < -0.4 is 5.32 Å².